The molecule has 0 bridgehead atoms. The maximum atomic E-state index is 11.0. The summed E-state index contributed by atoms with van der Waals surface area (Å²) in [5, 5.41) is 0. The molecule has 1 aliphatic heterocycles. The Hall–Kier alpha value is -3.17. The molecule has 9 heteroatoms. The molecule has 1 fully saturated rings. The summed E-state index contributed by atoms with van der Waals surface area (Å²) in [7, 11) is -2.41. The molecule has 0 saturated carbocycles. The summed E-state index contributed by atoms with van der Waals surface area (Å²) in [6, 6.07) is 16.4. The molecule has 0 spiro atoms. The molecular formula is C24H27N5O3S. The van der Waals surface area contributed by atoms with Gasteiger partial charge in [0.15, 0.2) is 5.58 Å². The Labute approximate surface area is 194 Å². The second-order valence-electron chi connectivity index (χ2n) is 8.43. The number of piperazine rings is 1. The topological polar surface area (TPSA) is 84.5 Å². The van der Waals surface area contributed by atoms with E-state index in [4.69, 9.17) is 4.42 Å². The zero-order valence-electron chi connectivity index (χ0n) is 18.5. The van der Waals surface area contributed by atoms with Crippen LogP contribution < -0.4 is 4.90 Å². The van der Waals surface area contributed by atoms with Crippen molar-refractivity contribution >= 4 is 27.8 Å². The number of fused-ring (bicyclic) bond motifs is 1. The molecule has 4 aromatic rings. The summed E-state index contributed by atoms with van der Waals surface area (Å²) in [6.07, 6.45) is 3.80. The highest BCUT2D eigenvalue weighted by Crippen LogP contribution is 2.24. The SMILES string of the molecule is CC(c1ccc(C[SH](=O)=O)cc1)n1cncc1CN1CCN(c2nc3ccccc3o2)CC1. The fraction of sp³-hybridized carbons (Fsp3) is 0.333. The number of imidazole rings is 1. The monoisotopic (exact) mass is 465 g/mol. The highest BCUT2D eigenvalue weighted by Gasteiger charge is 2.22. The third-order valence-electron chi connectivity index (χ3n) is 6.25. The van der Waals surface area contributed by atoms with Gasteiger partial charge in [-0.25, -0.2) is 13.4 Å². The van der Waals surface area contributed by atoms with Gasteiger partial charge in [0.1, 0.15) is 16.2 Å². The molecule has 0 N–H and O–H groups in total. The summed E-state index contributed by atoms with van der Waals surface area (Å²) in [5.41, 5.74) is 4.81. The first-order valence-corrected chi connectivity index (χ1v) is 12.5. The van der Waals surface area contributed by atoms with Gasteiger partial charge in [0.2, 0.25) is 0 Å². The molecule has 3 heterocycles. The minimum absolute atomic E-state index is 0.0792. The van der Waals surface area contributed by atoms with E-state index in [-0.39, 0.29) is 11.8 Å². The normalized spacial score (nSPS) is 16.0. The van der Waals surface area contributed by atoms with Crippen molar-refractivity contribution < 1.29 is 12.8 Å². The van der Waals surface area contributed by atoms with Crippen molar-refractivity contribution in [1.82, 2.24) is 19.4 Å². The second kappa shape index (κ2) is 9.36. The van der Waals surface area contributed by atoms with Gasteiger partial charge in [-0.3, -0.25) is 4.90 Å². The van der Waals surface area contributed by atoms with Gasteiger partial charge in [0, 0.05) is 38.9 Å². The molecule has 0 amide bonds. The van der Waals surface area contributed by atoms with Gasteiger partial charge < -0.3 is 13.9 Å². The van der Waals surface area contributed by atoms with Gasteiger partial charge >= 0.3 is 0 Å². The second-order valence-corrected chi connectivity index (χ2v) is 9.41. The molecule has 1 atom stereocenters. The van der Waals surface area contributed by atoms with Crippen molar-refractivity contribution in [3.8, 4) is 0 Å². The summed E-state index contributed by atoms with van der Waals surface area (Å²) < 4.78 is 30.0. The fourth-order valence-corrected chi connectivity index (χ4v) is 4.85. The van der Waals surface area contributed by atoms with E-state index < -0.39 is 10.7 Å². The van der Waals surface area contributed by atoms with Crippen LogP contribution in [-0.2, 0) is 23.0 Å². The Morgan fingerprint density at radius 2 is 1.79 bits per heavy atom. The number of oxazole rings is 1. The maximum absolute atomic E-state index is 11.0. The molecule has 172 valence electrons. The van der Waals surface area contributed by atoms with Crippen molar-refractivity contribution in [2.24, 2.45) is 0 Å². The van der Waals surface area contributed by atoms with Gasteiger partial charge in [-0.2, -0.15) is 4.98 Å². The Morgan fingerprint density at radius 1 is 1.03 bits per heavy atom. The van der Waals surface area contributed by atoms with Crippen LogP contribution in [0.1, 0.15) is 29.8 Å². The number of rotatable bonds is 7. The lowest BCUT2D eigenvalue weighted by Gasteiger charge is -2.34. The van der Waals surface area contributed by atoms with Gasteiger partial charge in [0.05, 0.1) is 23.8 Å². The first kappa shape index (κ1) is 21.7. The van der Waals surface area contributed by atoms with Crippen LogP contribution in [0, 0.1) is 0 Å². The van der Waals surface area contributed by atoms with Crippen molar-refractivity contribution in [2.75, 3.05) is 31.1 Å². The average molecular weight is 466 g/mol. The molecule has 5 rings (SSSR count). The smallest absolute Gasteiger partial charge is 0.298 e. The lowest BCUT2D eigenvalue weighted by molar-refractivity contribution is 0.239. The number of anilines is 1. The third-order valence-corrected chi connectivity index (χ3v) is 6.87. The Bertz CT molecular complexity index is 1260. The Balaban J connectivity index is 1.22. The van der Waals surface area contributed by atoms with Crippen LogP contribution >= 0.6 is 0 Å². The minimum Gasteiger partial charge on any atom is -0.423 e. The van der Waals surface area contributed by atoms with Crippen LogP contribution in [0.4, 0.5) is 6.01 Å². The maximum Gasteiger partial charge on any atom is 0.298 e. The lowest BCUT2D eigenvalue weighted by atomic mass is 10.1. The highest BCUT2D eigenvalue weighted by atomic mass is 32.2. The first-order valence-electron chi connectivity index (χ1n) is 11.1. The summed E-state index contributed by atoms with van der Waals surface area (Å²) >= 11 is 0. The predicted octanol–water partition coefficient (Wildman–Crippen LogP) is 3.07. The molecule has 1 unspecified atom stereocenters. The van der Waals surface area contributed by atoms with E-state index in [9.17, 15) is 8.42 Å². The van der Waals surface area contributed by atoms with E-state index in [1.807, 2.05) is 61.1 Å². The van der Waals surface area contributed by atoms with Crippen molar-refractivity contribution in [3.63, 3.8) is 0 Å². The predicted molar refractivity (Wildman–Crippen MR) is 128 cm³/mol. The molecule has 1 aliphatic rings. The third kappa shape index (κ3) is 4.79. The standard InChI is InChI=1S/C24H27N5O3S/c1-18(20-8-6-19(7-9-20)16-33(30)31)29-17-25-14-21(29)15-27-10-12-28(13-11-27)24-26-22-4-2-3-5-23(22)32-24/h2-9,14,17-18,33H,10-13,15-16H2,1H3. The number of benzene rings is 2. The van der Waals surface area contributed by atoms with E-state index in [0.29, 0.717) is 6.01 Å². The van der Waals surface area contributed by atoms with Crippen molar-refractivity contribution in [3.05, 3.63) is 77.9 Å². The van der Waals surface area contributed by atoms with Gasteiger partial charge in [-0.1, -0.05) is 36.4 Å². The molecule has 33 heavy (non-hydrogen) atoms. The van der Waals surface area contributed by atoms with E-state index >= 15 is 0 Å². The summed E-state index contributed by atoms with van der Waals surface area (Å²) in [4.78, 5) is 13.6. The number of aromatic nitrogens is 3. The van der Waals surface area contributed by atoms with Gasteiger partial charge in [0.25, 0.3) is 6.01 Å². The minimum atomic E-state index is -2.41. The Morgan fingerprint density at radius 3 is 2.52 bits per heavy atom. The molecule has 2 aromatic carbocycles. The number of nitrogens with zero attached hydrogens (tertiary/aromatic N) is 5. The number of thiol groups is 1. The van der Waals surface area contributed by atoms with Gasteiger partial charge in [-0.05, 0) is 30.2 Å². The van der Waals surface area contributed by atoms with Crippen molar-refractivity contribution in [2.45, 2.75) is 25.3 Å². The molecule has 1 saturated heterocycles. The fourth-order valence-electron chi connectivity index (χ4n) is 4.34. The quantitative estimate of drug-likeness (QED) is 0.420. The zero-order valence-corrected chi connectivity index (χ0v) is 19.4. The molecule has 0 aliphatic carbocycles. The molecular weight excluding hydrogens is 438 g/mol. The van der Waals surface area contributed by atoms with E-state index in [2.05, 4.69) is 31.3 Å². The Kier molecular flexibility index (Phi) is 6.15. The number of hydrogen-bond acceptors (Lipinski definition) is 7. The molecule has 8 nitrogen and oxygen atoms in total. The van der Waals surface area contributed by atoms with Crippen LogP contribution in [0.15, 0.2) is 65.5 Å². The van der Waals surface area contributed by atoms with Gasteiger partial charge in [-0.15, -0.1) is 0 Å². The summed E-state index contributed by atoms with van der Waals surface area (Å²) in [5.74, 6) is 0.0792. The highest BCUT2D eigenvalue weighted by molar-refractivity contribution is 7.71. The van der Waals surface area contributed by atoms with Crippen LogP contribution in [-0.4, -0.2) is 54.0 Å². The van der Waals surface area contributed by atoms with Crippen LogP contribution in [0.25, 0.3) is 11.1 Å². The number of hydrogen-bond donors (Lipinski definition) is 1. The zero-order chi connectivity index (χ0) is 22.8. The van der Waals surface area contributed by atoms with E-state index in [1.54, 1.807) is 0 Å². The molecule has 0 radical (unpaired) electrons. The molecule has 2 aromatic heterocycles. The number of para-hydroxylation sites is 2. The van der Waals surface area contributed by atoms with Crippen LogP contribution in [0.5, 0.6) is 0 Å². The average Bonchev–Trinajstić information content (AvgIpc) is 3.46. The van der Waals surface area contributed by atoms with E-state index in [0.717, 1.165) is 60.6 Å². The van der Waals surface area contributed by atoms with Crippen molar-refractivity contribution in [1.29, 1.82) is 0 Å². The first-order chi connectivity index (χ1) is 16.1. The van der Waals surface area contributed by atoms with Crippen LogP contribution in [0.2, 0.25) is 0 Å². The van der Waals surface area contributed by atoms with Crippen LogP contribution in [0.3, 0.4) is 0 Å². The summed E-state index contributed by atoms with van der Waals surface area (Å²) in [6.45, 7) is 6.51. The van der Waals surface area contributed by atoms with E-state index in [1.165, 1.54) is 0 Å². The largest absolute Gasteiger partial charge is 0.423 e. The lowest BCUT2D eigenvalue weighted by Crippen LogP contribution is -2.46.